The first kappa shape index (κ1) is 20.4. The van der Waals surface area contributed by atoms with Gasteiger partial charge in [0.25, 0.3) is 5.89 Å². The molecule has 4 heterocycles. The van der Waals surface area contributed by atoms with Crippen molar-refractivity contribution >= 4 is 11.7 Å². The molecular weight excluding hydrogens is 425 g/mol. The monoisotopic (exact) mass is 444 g/mol. The maximum Gasteiger partial charge on any atom is 0.325 e. The number of hydrogen-bond donors (Lipinski definition) is 1. The molecule has 2 aromatic heterocycles. The van der Waals surface area contributed by atoms with Crippen LogP contribution < -0.4 is 10.2 Å². The van der Waals surface area contributed by atoms with Crippen LogP contribution in [0.2, 0.25) is 0 Å². The second-order valence-corrected chi connectivity index (χ2v) is 7.75. The second-order valence-electron chi connectivity index (χ2n) is 7.75. The summed E-state index contributed by atoms with van der Waals surface area (Å²) in [5.41, 5.74) is 1.01. The molecule has 5 rings (SSSR count). The van der Waals surface area contributed by atoms with E-state index in [9.17, 15) is 18.0 Å². The number of nitrogens with one attached hydrogen (secondary N) is 1. The molecule has 0 aliphatic carbocycles. The molecule has 11 heteroatoms. The first-order chi connectivity index (χ1) is 15.5. The highest BCUT2D eigenvalue weighted by Gasteiger charge is 2.42. The van der Waals surface area contributed by atoms with E-state index in [4.69, 9.17) is 4.42 Å². The molecule has 3 aromatic rings. The SMILES string of the molecule is O=C(N(Cc1ccc(-c2nnc(C(F)F)o2)cn1)c1ccccc1F)N1C[C@@H]2C[C@H]1CN2. The van der Waals surface area contributed by atoms with Crippen molar-refractivity contribution in [2.75, 3.05) is 18.0 Å². The molecule has 2 fully saturated rings. The lowest BCUT2D eigenvalue weighted by molar-refractivity contribution is 0.116. The molecule has 1 aromatic carbocycles. The number of urea groups is 1. The summed E-state index contributed by atoms with van der Waals surface area (Å²) < 4.78 is 44.9. The Balaban J connectivity index is 1.40. The van der Waals surface area contributed by atoms with Gasteiger partial charge < -0.3 is 14.6 Å². The zero-order chi connectivity index (χ0) is 22.2. The average molecular weight is 444 g/mol. The Labute approximate surface area is 181 Å². The number of carbonyl (C=O) groups excluding carboxylic acids is 1. The number of halogens is 3. The number of likely N-dealkylation sites (tertiary alicyclic amines) is 1. The van der Waals surface area contributed by atoms with Crippen LogP contribution in [0.25, 0.3) is 11.5 Å². The van der Waals surface area contributed by atoms with Gasteiger partial charge in [-0.1, -0.05) is 12.1 Å². The van der Waals surface area contributed by atoms with Crippen molar-refractivity contribution < 1.29 is 22.4 Å². The molecule has 2 bridgehead atoms. The Hall–Kier alpha value is -3.47. The van der Waals surface area contributed by atoms with E-state index in [1.54, 1.807) is 35.2 Å². The minimum absolute atomic E-state index is 0.0352. The summed E-state index contributed by atoms with van der Waals surface area (Å²) in [7, 11) is 0. The molecule has 2 amide bonds. The van der Waals surface area contributed by atoms with Gasteiger partial charge >= 0.3 is 12.5 Å². The van der Waals surface area contributed by atoms with Crippen LogP contribution in [0.15, 0.2) is 47.0 Å². The predicted molar refractivity (Wildman–Crippen MR) is 107 cm³/mol. The quantitative estimate of drug-likeness (QED) is 0.649. The van der Waals surface area contributed by atoms with E-state index in [2.05, 4.69) is 20.5 Å². The molecular formula is C21H19F3N6O2. The van der Waals surface area contributed by atoms with Gasteiger partial charge in [-0.15, -0.1) is 10.2 Å². The summed E-state index contributed by atoms with van der Waals surface area (Å²) >= 11 is 0. The molecule has 32 heavy (non-hydrogen) atoms. The third kappa shape index (κ3) is 3.79. The Kier molecular flexibility index (Phi) is 5.25. The first-order valence-electron chi connectivity index (χ1n) is 10.1. The highest BCUT2D eigenvalue weighted by atomic mass is 19.3. The number of nitrogens with zero attached hydrogens (tertiary/aromatic N) is 5. The lowest BCUT2D eigenvalue weighted by Gasteiger charge is -2.33. The van der Waals surface area contributed by atoms with E-state index in [1.165, 1.54) is 17.2 Å². The molecule has 2 aliphatic heterocycles. The molecule has 2 saturated heterocycles. The number of rotatable bonds is 5. The molecule has 0 saturated carbocycles. The standard InChI is InChI=1S/C21H19F3N6O2/c22-16-3-1-2-4-17(16)30(21(31)29-11-14-7-15(29)9-26-14)10-13-6-5-12(8-25-13)19-27-28-20(32-19)18(23)24/h1-6,8,14-15,18,26H,7,9-11H2/t14-,15-/m0/s1. The Bertz CT molecular complexity index is 1120. The summed E-state index contributed by atoms with van der Waals surface area (Å²) in [6.07, 6.45) is -0.585. The van der Waals surface area contributed by atoms with E-state index in [-0.39, 0.29) is 36.2 Å². The average Bonchev–Trinajstić information content (AvgIpc) is 3.55. The molecule has 166 valence electrons. The topological polar surface area (TPSA) is 87.4 Å². The van der Waals surface area contributed by atoms with Gasteiger partial charge in [-0.2, -0.15) is 8.78 Å². The number of hydrogen-bond acceptors (Lipinski definition) is 6. The highest BCUT2D eigenvalue weighted by molar-refractivity contribution is 5.92. The van der Waals surface area contributed by atoms with E-state index in [1.807, 2.05) is 0 Å². The van der Waals surface area contributed by atoms with E-state index >= 15 is 0 Å². The number of pyridine rings is 1. The van der Waals surface area contributed by atoms with Crippen LogP contribution in [0.4, 0.5) is 23.7 Å². The Morgan fingerprint density at radius 2 is 2.09 bits per heavy atom. The Morgan fingerprint density at radius 3 is 2.72 bits per heavy atom. The molecule has 8 nitrogen and oxygen atoms in total. The second kappa shape index (κ2) is 8.23. The number of fused-ring (bicyclic) bond motifs is 2. The maximum absolute atomic E-state index is 14.6. The summed E-state index contributed by atoms with van der Waals surface area (Å²) in [6.45, 7) is 1.33. The molecule has 2 atom stereocenters. The fourth-order valence-corrected chi connectivity index (χ4v) is 4.12. The van der Waals surface area contributed by atoms with Crippen molar-refractivity contribution in [3.05, 3.63) is 60.0 Å². The van der Waals surface area contributed by atoms with Crippen molar-refractivity contribution in [2.24, 2.45) is 0 Å². The summed E-state index contributed by atoms with van der Waals surface area (Å²) in [4.78, 5) is 20.8. The number of carbonyl (C=O) groups is 1. The summed E-state index contributed by atoms with van der Waals surface area (Å²) in [5.74, 6) is -1.36. The van der Waals surface area contributed by atoms with E-state index in [0.717, 1.165) is 13.0 Å². The van der Waals surface area contributed by atoms with Crippen LogP contribution in [0, 0.1) is 5.82 Å². The Morgan fingerprint density at radius 1 is 1.25 bits per heavy atom. The van der Waals surface area contributed by atoms with Crippen LogP contribution >= 0.6 is 0 Å². The minimum Gasteiger partial charge on any atom is -0.415 e. The van der Waals surface area contributed by atoms with Crippen molar-refractivity contribution in [1.82, 2.24) is 25.4 Å². The zero-order valence-corrected chi connectivity index (χ0v) is 16.8. The molecule has 0 unspecified atom stereocenters. The van der Waals surface area contributed by atoms with Gasteiger partial charge in [-0.05, 0) is 30.7 Å². The van der Waals surface area contributed by atoms with E-state index < -0.39 is 18.1 Å². The number of para-hydroxylation sites is 1. The minimum atomic E-state index is -2.86. The summed E-state index contributed by atoms with van der Waals surface area (Å²) in [5, 5.41) is 10.2. The lowest BCUT2D eigenvalue weighted by Crippen LogP contribution is -2.52. The van der Waals surface area contributed by atoms with Crippen LogP contribution in [0.5, 0.6) is 0 Å². The van der Waals surface area contributed by atoms with Gasteiger partial charge in [0.05, 0.1) is 23.5 Å². The molecule has 0 spiro atoms. The highest BCUT2D eigenvalue weighted by Crippen LogP contribution is 2.29. The predicted octanol–water partition coefficient (Wildman–Crippen LogP) is 3.38. The van der Waals surface area contributed by atoms with Gasteiger partial charge in [0, 0.05) is 31.4 Å². The van der Waals surface area contributed by atoms with Crippen molar-refractivity contribution in [3.63, 3.8) is 0 Å². The molecule has 2 aliphatic rings. The molecule has 0 radical (unpaired) electrons. The number of aromatic nitrogens is 3. The van der Waals surface area contributed by atoms with Gasteiger partial charge in [0.15, 0.2) is 0 Å². The first-order valence-corrected chi connectivity index (χ1v) is 10.1. The smallest absolute Gasteiger partial charge is 0.325 e. The van der Waals surface area contributed by atoms with Gasteiger partial charge in [-0.3, -0.25) is 9.88 Å². The number of anilines is 1. The third-order valence-corrected chi connectivity index (χ3v) is 5.70. The zero-order valence-electron chi connectivity index (χ0n) is 16.8. The summed E-state index contributed by atoms with van der Waals surface area (Å²) in [6, 6.07) is 9.34. The normalized spacial score (nSPS) is 19.7. The fourth-order valence-electron chi connectivity index (χ4n) is 4.12. The third-order valence-electron chi connectivity index (χ3n) is 5.70. The fraction of sp³-hybridized carbons (Fsp3) is 0.333. The number of alkyl halides is 2. The van der Waals surface area contributed by atoms with Crippen LogP contribution in [0.1, 0.15) is 24.4 Å². The number of piperazine rings is 1. The van der Waals surface area contributed by atoms with Crippen molar-refractivity contribution in [1.29, 1.82) is 0 Å². The maximum atomic E-state index is 14.6. The van der Waals surface area contributed by atoms with Gasteiger partial charge in [0.2, 0.25) is 5.89 Å². The van der Waals surface area contributed by atoms with Crippen LogP contribution in [-0.4, -0.2) is 51.3 Å². The lowest BCUT2D eigenvalue weighted by atomic mass is 10.2. The van der Waals surface area contributed by atoms with E-state index in [0.29, 0.717) is 17.8 Å². The van der Waals surface area contributed by atoms with Crippen molar-refractivity contribution in [2.45, 2.75) is 31.5 Å². The molecule has 1 N–H and O–H groups in total. The van der Waals surface area contributed by atoms with Crippen LogP contribution in [-0.2, 0) is 6.54 Å². The number of amides is 2. The van der Waals surface area contributed by atoms with Gasteiger partial charge in [-0.25, -0.2) is 9.18 Å². The van der Waals surface area contributed by atoms with Gasteiger partial charge in [0.1, 0.15) is 5.82 Å². The van der Waals surface area contributed by atoms with Crippen molar-refractivity contribution in [3.8, 4) is 11.5 Å². The van der Waals surface area contributed by atoms with Crippen LogP contribution in [0.3, 0.4) is 0 Å². The largest absolute Gasteiger partial charge is 0.415 e. The number of benzene rings is 1.